The van der Waals surface area contributed by atoms with E-state index in [0.717, 1.165) is 24.1 Å². The Morgan fingerprint density at radius 3 is 2.46 bits per heavy atom. The van der Waals surface area contributed by atoms with Crippen LogP contribution in [0.4, 0.5) is 0 Å². The van der Waals surface area contributed by atoms with Crippen LogP contribution in [0, 0.1) is 0 Å². The number of benzene rings is 1. The molecule has 0 fully saturated rings. The van der Waals surface area contributed by atoms with Gasteiger partial charge in [0.1, 0.15) is 5.69 Å². The van der Waals surface area contributed by atoms with Gasteiger partial charge >= 0.3 is 5.97 Å². The number of aromatic nitrogens is 1. The van der Waals surface area contributed by atoms with Crippen molar-refractivity contribution in [3.8, 4) is 0 Å². The third-order valence-corrected chi connectivity index (χ3v) is 5.02. The molecule has 1 aromatic carbocycles. The van der Waals surface area contributed by atoms with Crippen LogP contribution in [-0.4, -0.2) is 17.1 Å². The summed E-state index contributed by atoms with van der Waals surface area (Å²) in [6.07, 6.45) is 1.88. The standard InChI is InChI=1S/C20H28N2O2/c1-5-20(6-2,16-10-8-9-15(13-16)14-21)18-12-11-17(22(18)4)19(23)24-7-3/h8-13H,5-7,14,21H2,1-4H3. The van der Waals surface area contributed by atoms with Crippen molar-refractivity contribution in [3.63, 3.8) is 0 Å². The summed E-state index contributed by atoms with van der Waals surface area (Å²) in [5.41, 5.74) is 9.76. The van der Waals surface area contributed by atoms with Crippen molar-refractivity contribution in [3.05, 3.63) is 58.9 Å². The first-order valence-electron chi connectivity index (χ1n) is 8.66. The number of carbonyl (C=O) groups is 1. The molecular formula is C20H28N2O2. The highest BCUT2D eigenvalue weighted by Gasteiger charge is 2.34. The molecule has 0 aliphatic heterocycles. The molecule has 2 rings (SSSR count). The van der Waals surface area contributed by atoms with Crippen LogP contribution in [0.5, 0.6) is 0 Å². The summed E-state index contributed by atoms with van der Waals surface area (Å²) in [7, 11) is 1.94. The largest absolute Gasteiger partial charge is 0.461 e. The molecule has 130 valence electrons. The van der Waals surface area contributed by atoms with Crippen LogP contribution in [0.25, 0.3) is 0 Å². The molecule has 0 aliphatic rings. The van der Waals surface area contributed by atoms with Crippen LogP contribution in [0.3, 0.4) is 0 Å². The number of nitrogens with two attached hydrogens (primary N) is 1. The smallest absolute Gasteiger partial charge is 0.354 e. The van der Waals surface area contributed by atoms with Gasteiger partial charge in [-0.25, -0.2) is 4.79 Å². The molecule has 1 aromatic heterocycles. The Bertz CT molecular complexity index is 699. The Morgan fingerprint density at radius 1 is 1.17 bits per heavy atom. The zero-order chi connectivity index (χ0) is 17.7. The van der Waals surface area contributed by atoms with E-state index in [2.05, 4.69) is 38.1 Å². The average molecular weight is 328 g/mol. The number of nitrogens with zero attached hydrogens (tertiary/aromatic N) is 1. The van der Waals surface area contributed by atoms with Gasteiger partial charge in [-0.2, -0.15) is 0 Å². The lowest BCUT2D eigenvalue weighted by molar-refractivity contribution is 0.0514. The second-order valence-corrected chi connectivity index (χ2v) is 6.08. The molecule has 0 atom stereocenters. The fourth-order valence-electron chi connectivity index (χ4n) is 3.57. The summed E-state index contributed by atoms with van der Waals surface area (Å²) in [6.45, 7) is 7.11. The minimum atomic E-state index is -0.275. The molecule has 24 heavy (non-hydrogen) atoms. The molecule has 2 N–H and O–H groups in total. The average Bonchev–Trinajstić information content (AvgIpc) is 2.99. The molecule has 0 aliphatic carbocycles. The van der Waals surface area contributed by atoms with E-state index in [4.69, 9.17) is 10.5 Å². The zero-order valence-electron chi connectivity index (χ0n) is 15.1. The van der Waals surface area contributed by atoms with Gasteiger partial charge in [-0.15, -0.1) is 0 Å². The molecular weight excluding hydrogens is 300 g/mol. The van der Waals surface area contributed by atoms with Crippen LogP contribution in [-0.2, 0) is 23.7 Å². The van der Waals surface area contributed by atoms with E-state index in [1.54, 1.807) is 0 Å². The van der Waals surface area contributed by atoms with Crippen LogP contribution in [0.2, 0.25) is 0 Å². The van der Waals surface area contributed by atoms with Crippen LogP contribution in [0.15, 0.2) is 36.4 Å². The second kappa shape index (κ2) is 7.67. The fraction of sp³-hybridized carbons (Fsp3) is 0.450. The maximum absolute atomic E-state index is 12.2. The van der Waals surface area contributed by atoms with Gasteiger partial charge in [0.2, 0.25) is 0 Å². The molecule has 0 saturated heterocycles. The Balaban J connectivity index is 2.57. The predicted octanol–water partition coefficient (Wildman–Crippen LogP) is 3.77. The van der Waals surface area contributed by atoms with Gasteiger partial charge in [-0.1, -0.05) is 38.1 Å². The van der Waals surface area contributed by atoms with Crippen LogP contribution in [0.1, 0.15) is 60.9 Å². The minimum absolute atomic E-state index is 0.148. The lowest BCUT2D eigenvalue weighted by Gasteiger charge is -2.34. The minimum Gasteiger partial charge on any atom is -0.461 e. The quantitative estimate of drug-likeness (QED) is 0.787. The Kier molecular flexibility index (Phi) is 5.84. The molecule has 0 spiro atoms. The SMILES string of the molecule is CCOC(=O)c1ccc(C(CC)(CC)c2cccc(CN)c2)n1C. The molecule has 0 saturated carbocycles. The van der Waals surface area contributed by atoms with Crippen molar-refractivity contribution in [2.45, 2.75) is 45.6 Å². The summed E-state index contributed by atoms with van der Waals surface area (Å²) in [5, 5.41) is 0. The van der Waals surface area contributed by atoms with E-state index >= 15 is 0 Å². The van der Waals surface area contributed by atoms with Crippen molar-refractivity contribution >= 4 is 5.97 Å². The highest BCUT2D eigenvalue weighted by molar-refractivity contribution is 5.88. The van der Waals surface area contributed by atoms with Gasteiger partial charge < -0.3 is 15.0 Å². The third kappa shape index (κ3) is 3.11. The van der Waals surface area contributed by atoms with Gasteiger partial charge in [0.25, 0.3) is 0 Å². The van der Waals surface area contributed by atoms with E-state index in [0.29, 0.717) is 18.8 Å². The van der Waals surface area contributed by atoms with E-state index in [9.17, 15) is 4.79 Å². The molecule has 0 bridgehead atoms. The first-order valence-corrected chi connectivity index (χ1v) is 8.66. The Labute approximate surface area is 144 Å². The molecule has 4 heteroatoms. The number of carbonyl (C=O) groups excluding carboxylic acids is 1. The predicted molar refractivity (Wildman–Crippen MR) is 97.1 cm³/mol. The fourth-order valence-corrected chi connectivity index (χ4v) is 3.57. The van der Waals surface area contributed by atoms with E-state index < -0.39 is 0 Å². The normalized spacial score (nSPS) is 11.5. The van der Waals surface area contributed by atoms with Crippen molar-refractivity contribution < 1.29 is 9.53 Å². The van der Waals surface area contributed by atoms with E-state index in [1.807, 2.05) is 30.7 Å². The monoisotopic (exact) mass is 328 g/mol. The lowest BCUT2D eigenvalue weighted by Crippen LogP contribution is -2.29. The summed E-state index contributed by atoms with van der Waals surface area (Å²) in [6, 6.07) is 12.4. The number of ether oxygens (including phenoxy) is 1. The van der Waals surface area contributed by atoms with Gasteiger partial charge in [0.05, 0.1) is 6.61 Å². The maximum atomic E-state index is 12.2. The maximum Gasteiger partial charge on any atom is 0.354 e. The summed E-state index contributed by atoms with van der Waals surface area (Å²) in [5.74, 6) is -0.275. The topological polar surface area (TPSA) is 57.2 Å². The molecule has 1 heterocycles. The van der Waals surface area contributed by atoms with Gasteiger partial charge in [-0.05, 0) is 43.0 Å². The molecule has 0 unspecified atom stereocenters. The highest BCUT2D eigenvalue weighted by Crippen LogP contribution is 2.39. The third-order valence-electron chi connectivity index (χ3n) is 5.02. The molecule has 0 amide bonds. The number of esters is 1. The first-order chi connectivity index (χ1) is 11.5. The van der Waals surface area contributed by atoms with E-state index in [-0.39, 0.29) is 11.4 Å². The first kappa shape index (κ1) is 18.3. The van der Waals surface area contributed by atoms with Gasteiger partial charge in [0, 0.05) is 24.7 Å². The zero-order valence-corrected chi connectivity index (χ0v) is 15.1. The Hall–Kier alpha value is -2.07. The van der Waals surface area contributed by atoms with Crippen molar-refractivity contribution in [1.82, 2.24) is 4.57 Å². The molecule has 2 aromatic rings. The van der Waals surface area contributed by atoms with Crippen molar-refractivity contribution in [2.75, 3.05) is 6.61 Å². The summed E-state index contributed by atoms with van der Waals surface area (Å²) in [4.78, 5) is 12.2. The number of hydrogen-bond donors (Lipinski definition) is 1. The van der Waals surface area contributed by atoms with Gasteiger partial charge in [-0.3, -0.25) is 0 Å². The number of hydrogen-bond acceptors (Lipinski definition) is 3. The summed E-state index contributed by atoms with van der Waals surface area (Å²) >= 11 is 0. The van der Waals surface area contributed by atoms with Crippen LogP contribution < -0.4 is 5.73 Å². The summed E-state index contributed by atoms with van der Waals surface area (Å²) < 4.78 is 7.14. The van der Waals surface area contributed by atoms with Crippen molar-refractivity contribution in [1.29, 1.82) is 0 Å². The molecule has 4 nitrogen and oxygen atoms in total. The van der Waals surface area contributed by atoms with Gasteiger partial charge in [0.15, 0.2) is 0 Å². The van der Waals surface area contributed by atoms with Crippen LogP contribution >= 0.6 is 0 Å². The van der Waals surface area contributed by atoms with Crippen molar-refractivity contribution in [2.24, 2.45) is 12.8 Å². The second-order valence-electron chi connectivity index (χ2n) is 6.08. The molecule has 0 radical (unpaired) electrons. The highest BCUT2D eigenvalue weighted by atomic mass is 16.5. The Morgan fingerprint density at radius 2 is 1.88 bits per heavy atom. The van der Waals surface area contributed by atoms with E-state index in [1.165, 1.54) is 5.56 Å². The lowest BCUT2D eigenvalue weighted by atomic mass is 9.73. The number of rotatable bonds is 7.